The first-order valence-corrected chi connectivity index (χ1v) is 8.51. The average molecular weight is 286 g/mol. The maximum Gasteiger partial charge on any atom is 0.118 e. The summed E-state index contributed by atoms with van der Waals surface area (Å²) in [5.41, 5.74) is 4.02. The van der Waals surface area contributed by atoms with E-state index in [-0.39, 0.29) is 11.5 Å². The number of aryl methyl sites for hydroxylation is 2. The van der Waals surface area contributed by atoms with Crippen LogP contribution in [-0.4, -0.2) is 16.3 Å². The number of aliphatic hydroxyl groups excluding tert-OH is 1. The van der Waals surface area contributed by atoms with Crippen molar-refractivity contribution >= 4 is 0 Å². The van der Waals surface area contributed by atoms with E-state index in [0.29, 0.717) is 17.6 Å². The number of rotatable bonds is 0. The van der Waals surface area contributed by atoms with E-state index in [1.807, 2.05) is 13.0 Å². The molecule has 0 heterocycles. The molecule has 3 aliphatic carbocycles. The average Bonchev–Trinajstić information content (AvgIpc) is 2.76. The molecule has 5 atom stereocenters. The Balaban J connectivity index is 1.73. The molecule has 1 aromatic carbocycles. The molecule has 21 heavy (non-hydrogen) atoms. The molecule has 0 aliphatic heterocycles. The van der Waals surface area contributed by atoms with Crippen molar-refractivity contribution in [1.29, 1.82) is 0 Å². The highest BCUT2D eigenvalue weighted by Crippen LogP contribution is 2.61. The SMILES string of the molecule is Cc1cc2c(cc1O)CC[C@H]1[C@@H]2CC[C@]2(C)[C@@H](O)CC[C@@H]12. The standard InChI is InChI=1S/C19H26O2/c1-11-9-15-12(10-17(11)20)3-4-14-13(15)7-8-19(2)16(14)5-6-18(19)21/h9-10,13-14,16,18,20-21H,3-8H2,1-2H3/t13-,14-,16-,18-,19-/m0/s1. The first-order chi connectivity index (χ1) is 10.0. The van der Waals surface area contributed by atoms with Crippen LogP contribution in [0.15, 0.2) is 12.1 Å². The van der Waals surface area contributed by atoms with Gasteiger partial charge in [-0.2, -0.15) is 0 Å². The van der Waals surface area contributed by atoms with E-state index < -0.39 is 0 Å². The van der Waals surface area contributed by atoms with Gasteiger partial charge in [-0.3, -0.25) is 0 Å². The zero-order chi connectivity index (χ0) is 14.8. The number of aliphatic hydroxyl groups is 1. The summed E-state index contributed by atoms with van der Waals surface area (Å²) in [6.45, 7) is 4.33. The second-order valence-corrected chi connectivity index (χ2v) is 7.89. The summed E-state index contributed by atoms with van der Waals surface area (Å²) in [5.74, 6) is 2.52. The Morgan fingerprint density at radius 1 is 1.14 bits per heavy atom. The quantitative estimate of drug-likeness (QED) is 0.759. The molecule has 2 fully saturated rings. The summed E-state index contributed by atoms with van der Waals surface area (Å²) < 4.78 is 0. The topological polar surface area (TPSA) is 40.5 Å². The smallest absolute Gasteiger partial charge is 0.118 e. The molecule has 0 radical (unpaired) electrons. The second-order valence-electron chi connectivity index (χ2n) is 7.89. The summed E-state index contributed by atoms with van der Waals surface area (Å²) in [5, 5.41) is 20.4. The summed E-state index contributed by atoms with van der Waals surface area (Å²) >= 11 is 0. The van der Waals surface area contributed by atoms with Crippen LogP contribution in [0.3, 0.4) is 0 Å². The van der Waals surface area contributed by atoms with Gasteiger partial charge in [0, 0.05) is 0 Å². The van der Waals surface area contributed by atoms with Crippen LogP contribution >= 0.6 is 0 Å². The van der Waals surface area contributed by atoms with E-state index in [2.05, 4.69) is 13.0 Å². The fourth-order valence-corrected chi connectivity index (χ4v) is 5.69. The fourth-order valence-electron chi connectivity index (χ4n) is 5.69. The van der Waals surface area contributed by atoms with Crippen LogP contribution in [0.2, 0.25) is 0 Å². The first kappa shape index (κ1) is 13.6. The van der Waals surface area contributed by atoms with Gasteiger partial charge in [0.2, 0.25) is 0 Å². The molecule has 114 valence electrons. The minimum Gasteiger partial charge on any atom is -0.508 e. The zero-order valence-corrected chi connectivity index (χ0v) is 13.1. The lowest BCUT2D eigenvalue weighted by atomic mass is 9.55. The minimum absolute atomic E-state index is 0.0913. The maximum absolute atomic E-state index is 10.4. The molecule has 0 amide bonds. The molecule has 0 aromatic heterocycles. The van der Waals surface area contributed by atoms with Crippen LogP contribution in [0.4, 0.5) is 0 Å². The second kappa shape index (κ2) is 4.49. The van der Waals surface area contributed by atoms with E-state index in [1.165, 1.54) is 30.4 Å². The van der Waals surface area contributed by atoms with Gasteiger partial charge >= 0.3 is 0 Å². The Hall–Kier alpha value is -1.02. The molecule has 3 aliphatic rings. The molecule has 2 nitrogen and oxygen atoms in total. The van der Waals surface area contributed by atoms with Crippen molar-refractivity contribution in [2.45, 2.75) is 64.4 Å². The largest absolute Gasteiger partial charge is 0.508 e. The highest BCUT2D eigenvalue weighted by molar-refractivity contribution is 5.45. The van der Waals surface area contributed by atoms with Gasteiger partial charge in [0.15, 0.2) is 0 Å². The summed E-state index contributed by atoms with van der Waals surface area (Å²) in [6, 6.07) is 4.23. The number of phenols is 1. The van der Waals surface area contributed by atoms with Gasteiger partial charge in [0.05, 0.1) is 6.10 Å². The van der Waals surface area contributed by atoms with Gasteiger partial charge in [-0.25, -0.2) is 0 Å². The van der Waals surface area contributed by atoms with E-state index in [0.717, 1.165) is 30.7 Å². The van der Waals surface area contributed by atoms with Crippen molar-refractivity contribution in [1.82, 2.24) is 0 Å². The Bertz CT molecular complexity index is 579. The normalized spacial score (nSPS) is 41.3. The van der Waals surface area contributed by atoms with Gasteiger partial charge in [0.25, 0.3) is 0 Å². The third kappa shape index (κ3) is 1.81. The van der Waals surface area contributed by atoms with Gasteiger partial charge in [-0.1, -0.05) is 13.0 Å². The summed E-state index contributed by atoms with van der Waals surface area (Å²) in [7, 11) is 0. The maximum atomic E-state index is 10.4. The third-order valence-corrected chi connectivity index (χ3v) is 6.99. The molecule has 1 aromatic rings. The van der Waals surface area contributed by atoms with E-state index in [4.69, 9.17) is 0 Å². The molecule has 0 unspecified atom stereocenters. The number of phenolic OH excluding ortho intramolecular Hbond substituents is 1. The number of hydrogen-bond acceptors (Lipinski definition) is 2. The number of aromatic hydroxyl groups is 1. The first-order valence-electron chi connectivity index (χ1n) is 8.51. The van der Waals surface area contributed by atoms with Gasteiger partial charge in [0.1, 0.15) is 5.75 Å². The number of hydrogen-bond donors (Lipinski definition) is 2. The lowest BCUT2D eigenvalue weighted by molar-refractivity contribution is -0.0226. The lowest BCUT2D eigenvalue weighted by Crippen LogP contribution is -2.43. The van der Waals surface area contributed by atoms with Crippen LogP contribution in [0.5, 0.6) is 5.75 Å². The van der Waals surface area contributed by atoms with Crippen LogP contribution in [-0.2, 0) is 6.42 Å². The molecule has 0 bridgehead atoms. The Morgan fingerprint density at radius 3 is 2.76 bits per heavy atom. The molecule has 0 saturated heterocycles. The van der Waals surface area contributed by atoms with Gasteiger partial charge in [-0.15, -0.1) is 0 Å². The fraction of sp³-hybridized carbons (Fsp3) is 0.684. The van der Waals surface area contributed by atoms with E-state index in [1.54, 1.807) is 0 Å². The highest BCUT2D eigenvalue weighted by atomic mass is 16.3. The molecular formula is C19H26O2. The van der Waals surface area contributed by atoms with Crippen molar-refractivity contribution in [2.75, 3.05) is 0 Å². The molecule has 0 spiro atoms. The van der Waals surface area contributed by atoms with E-state index in [9.17, 15) is 10.2 Å². The van der Waals surface area contributed by atoms with Crippen LogP contribution < -0.4 is 0 Å². The molecule has 2 heteroatoms. The molecule has 4 rings (SSSR count). The summed E-state index contributed by atoms with van der Waals surface area (Å²) in [6.07, 6.45) is 6.77. The Labute approximate surface area is 127 Å². The van der Waals surface area contributed by atoms with Crippen molar-refractivity contribution in [2.24, 2.45) is 17.3 Å². The van der Waals surface area contributed by atoms with Crippen molar-refractivity contribution in [3.05, 3.63) is 28.8 Å². The summed E-state index contributed by atoms with van der Waals surface area (Å²) in [4.78, 5) is 0. The van der Waals surface area contributed by atoms with Crippen LogP contribution in [0.25, 0.3) is 0 Å². The predicted molar refractivity (Wildman–Crippen MR) is 83.5 cm³/mol. The van der Waals surface area contributed by atoms with Crippen molar-refractivity contribution in [3.63, 3.8) is 0 Å². The molecular weight excluding hydrogens is 260 g/mol. The van der Waals surface area contributed by atoms with E-state index >= 15 is 0 Å². The third-order valence-electron chi connectivity index (χ3n) is 6.99. The zero-order valence-electron chi connectivity index (χ0n) is 13.1. The molecule has 2 saturated carbocycles. The predicted octanol–water partition coefficient (Wildman–Crippen LogP) is 3.92. The Kier molecular flexibility index (Phi) is 2.91. The molecule has 2 N–H and O–H groups in total. The minimum atomic E-state index is -0.0913. The monoisotopic (exact) mass is 286 g/mol. The Morgan fingerprint density at radius 2 is 1.95 bits per heavy atom. The highest BCUT2D eigenvalue weighted by Gasteiger charge is 2.54. The van der Waals surface area contributed by atoms with Crippen LogP contribution in [0.1, 0.15) is 61.6 Å². The number of benzene rings is 1. The van der Waals surface area contributed by atoms with Gasteiger partial charge < -0.3 is 10.2 Å². The lowest BCUT2D eigenvalue weighted by Gasteiger charge is -2.50. The van der Waals surface area contributed by atoms with Crippen LogP contribution in [0, 0.1) is 24.2 Å². The van der Waals surface area contributed by atoms with Gasteiger partial charge in [-0.05, 0) is 91.4 Å². The van der Waals surface area contributed by atoms with Crippen molar-refractivity contribution in [3.8, 4) is 5.75 Å². The number of fused-ring (bicyclic) bond motifs is 5. The van der Waals surface area contributed by atoms with Crippen molar-refractivity contribution < 1.29 is 10.2 Å².